The van der Waals surface area contributed by atoms with E-state index in [1.54, 1.807) is 11.8 Å². The third-order valence-electron chi connectivity index (χ3n) is 2.29. The molecule has 2 aromatic carbocycles. The molecule has 1 nitrogen and oxygen atoms in total. The Morgan fingerprint density at radius 3 is 2.42 bits per heavy atom. The number of hydrogen-bond acceptors (Lipinski definition) is 2. The second-order valence-corrected chi connectivity index (χ2v) is 7.34. The van der Waals surface area contributed by atoms with Gasteiger partial charge in [0, 0.05) is 0 Å². The van der Waals surface area contributed by atoms with Gasteiger partial charge in [0.05, 0.1) is 0 Å². The molecule has 4 heteroatoms. The molecule has 0 aliphatic rings. The van der Waals surface area contributed by atoms with Gasteiger partial charge in [-0.2, -0.15) is 0 Å². The Kier molecular flexibility index (Phi) is 6.02. The van der Waals surface area contributed by atoms with Crippen LogP contribution in [0.5, 0.6) is 0 Å². The standard InChI is InChI=1S/C15H13ClOSSe/c16-12-6-8-13(9-7-12)18-14(10-17)11-19-15-4-2-1-3-5-15/h1-9,11,17H,10H2/b14-11-. The van der Waals surface area contributed by atoms with Gasteiger partial charge in [0.15, 0.2) is 0 Å². The normalized spacial score (nSPS) is 11.6. The summed E-state index contributed by atoms with van der Waals surface area (Å²) >= 11 is 7.69. The third-order valence-corrected chi connectivity index (χ3v) is 5.88. The summed E-state index contributed by atoms with van der Waals surface area (Å²) in [6.07, 6.45) is 0. The first kappa shape index (κ1) is 14.7. The first-order chi connectivity index (χ1) is 9.28. The zero-order valence-electron chi connectivity index (χ0n) is 10.1. The van der Waals surface area contributed by atoms with Gasteiger partial charge in [0.2, 0.25) is 0 Å². The topological polar surface area (TPSA) is 20.2 Å². The quantitative estimate of drug-likeness (QED) is 0.656. The molecule has 0 atom stereocenters. The summed E-state index contributed by atoms with van der Waals surface area (Å²) in [6.45, 7) is 0.0713. The van der Waals surface area contributed by atoms with Crippen LogP contribution in [0.3, 0.4) is 0 Å². The van der Waals surface area contributed by atoms with Crippen LogP contribution in [-0.2, 0) is 0 Å². The third kappa shape index (κ3) is 5.06. The van der Waals surface area contributed by atoms with E-state index in [0.717, 1.165) is 14.8 Å². The van der Waals surface area contributed by atoms with Crippen molar-refractivity contribution in [3.63, 3.8) is 0 Å². The van der Waals surface area contributed by atoms with E-state index in [1.807, 2.05) is 42.5 Å². The number of aliphatic hydroxyl groups is 1. The summed E-state index contributed by atoms with van der Waals surface area (Å²) in [4.78, 5) is 4.20. The van der Waals surface area contributed by atoms with Gasteiger partial charge >= 0.3 is 129 Å². The van der Waals surface area contributed by atoms with Gasteiger partial charge in [-0.1, -0.05) is 0 Å². The van der Waals surface area contributed by atoms with Crippen molar-refractivity contribution in [2.75, 3.05) is 6.61 Å². The van der Waals surface area contributed by atoms with E-state index in [9.17, 15) is 5.11 Å². The molecule has 0 saturated carbocycles. The average molecular weight is 356 g/mol. The van der Waals surface area contributed by atoms with Crippen LogP contribution in [0.1, 0.15) is 0 Å². The minimum atomic E-state index is 0.0713. The Morgan fingerprint density at radius 1 is 1.11 bits per heavy atom. The molecule has 0 heterocycles. The number of hydrogen-bond donors (Lipinski definition) is 1. The molecule has 0 unspecified atom stereocenters. The van der Waals surface area contributed by atoms with Gasteiger partial charge in [-0.05, 0) is 0 Å². The number of benzene rings is 2. The summed E-state index contributed by atoms with van der Waals surface area (Å²) in [6, 6.07) is 18.0. The number of rotatable bonds is 5. The fourth-order valence-electron chi connectivity index (χ4n) is 1.38. The Labute approximate surface area is 128 Å². The first-order valence-corrected chi connectivity index (χ1v) is 8.77. The molecule has 0 amide bonds. The van der Waals surface area contributed by atoms with E-state index in [4.69, 9.17) is 11.6 Å². The molecular weight excluding hydrogens is 343 g/mol. The van der Waals surface area contributed by atoms with Crippen LogP contribution in [0.4, 0.5) is 0 Å². The van der Waals surface area contributed by atoms with Crippen LogP contribution >= 0.6 is 23.4 Å². The zero-order chi connectivity index (χ0) is 13.5. The van der Waals surface area contributed by atoms with Gasteiger partial charge < -0.3 is 0 Å². The van der Waals surface area contributed by atoms with Crippen LogP contribution in [0.15, 0.2) is 69.4 Å². The van der Waals surface area contributed by atoms with Crippen LogP contribution < -0.4 is 4.46 Å². The fraction of sp³-hybridized carbons (Fsp3) is 0.0667. The van der Waals surface area contributed by atoms with E-state index in [0.29, 0.717) is 0 Å². The summed E-state index contributed by atoms with van der Waals surface area (Å²) in [7, 11) is 0. The molecule has 0 aromatic heterocycles. The first-order valence-electron chi connectivity index (χ1n) is 5.73. The fourth-order valence-corrected chi connectivity index (χ4v) is 4.12. The maximum atomic E-state index is 9.41. The van der Waals surface area contributed by atoms with E-state index in [-0.39, 0.29) is 21.6 Å². The molecule has 0 aliphatic heterocycles. The SMILES string of the molecule is OC/C(=C/[Se]c1ccccc1)Sc1ccc(Cl)cc1. The maximum absolute atomic E-state index is 9.41. The molecule has 0 spiro atoms. The number of halogens is 1. The summed E-state index contributed by atoms with van der Waals surface area (Å²) < 4.78 is 1.30. The van der Waals surface area contributed by atoms with Crippen molar-refractivity contribution in [2.24, 2.45) is 0 Å². The van der Waals surface area contributed by atoms with Gasteiger partial charge in [-0.15, -0.1) is 0 Å². The van der Waals surface area contributed by atoms with Crippen molar-refractivity contribution in [1.82, 2.24) is 0 Å². The second-order valence-electron chi connectivity index (χ2n) is 3.73. The molecule has 19 heavy (non-hydrogen) atoms. The Bertz CT molecular complexity index is 540. The van der Waals surface area contributed by atoms with Gasteiger partial charge in [-0.25, -0.2) is 0 Å². The van der Waals surface area contributed by atoms with Crippen molar-refractivity contribution >= 4 is 42.8 Å². The van der Waals surface area contributed by atoms with Crippen molar-refractivity contribution in [3.8, 4) is 0 Å². The van der Waals surface area contributed by atoms with Crippen LogP contribution in [0.25, 0.3) is 0 Å². The number of thioether (sulfide) groups is 1. The molecule has 0 fully saturated rings. The van der Waals surface area contributed by atoms with Crippen molar-refractivity contribution < 1.29 is 5.11 Å². The summed E-state index contributed by atoms with van der Waals surface area (Å²) in [5, 5.41) is 10.1. The Hall–Kier alpha value is -0.701. The Morgan fingerprint density at radius 2 is 1.79 bits per heavy atom. The van der Waals surface area contributed by atoms with E-state index in [1.165, 1.54) is 4.46 Å². The molecule has 2 rings (SSSR count). The van der Waals surface area contributed by atoms with Crippen molar-refractivity contribution in [3.05, 3.63) is 69.5 Å². The predicted octanol–water partition coefficient (Wildman–Crippen LogP) is 3.30. The van der Waals surface area contributed by atoms with E-state index in [2.05, 4.69) is 17.1 Å². The minimum absolute atomic E-state index is 0.0713. The van der Waals surface area contributed by atoms with Crippen LogP contribution in [0.2, 0.25) is 5.02 Å². The van der Waals surface area contributed by atoms with E-state index < -0.39 is 0 Å². The van der Waals surface area contributed by atoms with Crippen LogP contribution in [-0.4, -0.2) is 26.7 Å². The van der Waals surface area contributed by atoms with Crippen molar-refractivity contribution in [1.29, 1.82) is 0 Å². The molecule has 2 aromatic rings. The van der Waals surface area contributed by atoms with E-state index >= 15 is 0 Å². The van der Waals surface area contributed by atoms with Gasteiger partial charge in [0.25, 0.3) is 0 Å². The summed E-state index contributed by atoms with van der Waals surface area (Å²) in [5.74, 6) is 0. The molecular formula is C15H13ClOSSe. The molecule has 98 valence electrons. The van der Waals surface area contributed by atoms with Gasteiger partial charge in [0.1, 0.15) is 0 Å². The second kappa shape index (κ2) is 7.78. The number of aliphatic hydroxyl groups excluding tert-OH is 1. The molecule has 0 radical (unpaired) electrons. The molecule has 0 saturated heterocycles. The zero-order valence-corrected chi connectivity index (χ0v) is 13.4. The Balaban J connectivity index is 2.01. The van der Waals surface area contributed by atoms with Crippen LogP contribution in [0, 0.1) is 0 Å². The van der Waals surface area contributed by atoms with Gasteiger partial charge in [-0.3, -0.25) is 0 Å². The predicted molar refractivity (Wildman–Crippen MR) is 84.3 cm³/mol. The average Bonchev–Trinajstić information content (AvgIpc) is 2.46. The van der Waals surface area contributed by atoms with Crippen molar-refractivity contribution in [2.45, 2.75) is 4.90 Å². The summed E-state index contributed by atoms with van der Waals surface area (Å²) in [5.41, 5.74) is 0. The molecule has 1 N–H and O–H groups in total. The molecule has 0 aliphatic carbocycles. The monoisotopic (exact) mass is 356 g/mol. The molecule has 0 bridgehead atoms.